The van der Waals surface area contributed by atoms with Gasteiger partial charge >= 0.3 is 0 Å². The van der Waals surface area contributed by atoms with Crippen molar-refractivity contribution in [2.24, 2.45) is 5.73 Å². The van der Waals surface area contributed by atoms with E-state index in [1.54, 1.807) is 0 Å². The van der Waals surface area contributed by atoms with Crippen molar-refractivity contribution in [2.45, 2.75) is 19.4 Å². The van der Waals surface area contributed by atoms with E-state index in [4.69, 9.17) is 11.5 Å². The zero-order valence-electron chi connectivity index (χ0n) is 8.01. The molecule has 0 aliphatic rings. The van der Waals surface area contributed by atoms with Gasteiger partial charge in [-0.15, -0.1) is 12.4 Å². The summed E-state index contributed by atoms with van der Waals surface area (Å²) in [4.78, 5) is 0. The average molecular weight is 241 g/mol. The number of halogens is 4. The van der Waals surface area contributed by atoms with Gasteiger partial charge in [-0.1, -0.05) is 0 Å². The van der Waals surface area contributed by atoms with Gasteiger partial charge in [-0.2, -0.15) is 0 Å². The lowest BCUT2D eigenvalue weighted by Crippen LogP contribution is -2.10. The number of rotatable bonds is 2. The van der Waals surface area contributed by atoms with E-state index in [1.807, 2.05) is 0 Å². The van der Waals surface area contributed by atoms with Crippen molar-refractivity contribution in [3.63, 3.8) is 0 Å². The third kappa shape index (κ3) is 3.00. The van der Waals surface area contributed by atoms with Gasteiger partial charge in [0.15, 0.2) is 0 Å². The van der Waals surface area contributed by atoms with Crippen molar-refractivity contribution >= 4 is 18.1 Å². The number of anilines is 1. The van der Waals surface area contributed by atoms with E-state index in [0.29, 0.717) is 0 Å². The molecule has 0 fully saturated rings. The molecule has 6 heteroatoms. The molecule has 0 spiro atoms. The number of hydrogen-bond donors (Lipinski definition) is 2. The molecule has 1 rings (SSSR count). The molecule has 0 aliphatic heterocycles. The summed E-state index contributed by atoms with van der Waals surface area (Å²) in [7, 11) is 0. The highest BCUT2D eigenvalue weighted by Gasteiger charge is 2.19. The van der Waals surface area contributed by atoms with Crippen LogP contribution in [0.3, 0.4) is 0 Å². The zero-order chi connectivity index (χ0) is 10.9. The first-order valence-corrected chi connectivity index (χ1v) is 4.06. The van der Waals surface area contributed by atoms with Crippen molar-refractivity contribution in [2.75, 3.05) is 5.73 Å². The van der Waals surface area contributed by atoms with Gasteiger partial charge in [0, 0.05) is 17.3 Å². The molecule has 86 valence electrons. The van der Waals surface area contributed by atoms with Crippen LogP contribution in [-0.2, 0) is 0 Å². The zero-order valence-corrected chi connectivity index (χ0v) is 8.82. The summed E-state index contributed by atoms with van der Waals surface area (Å²) >= 11 is 0. The summed E-state index contributed by atoms with van der Waals surface area (Å²) in [5.74, 6) is -0.968. The van der Waals surface area contributed by atoms with Crippen molar-refractivity contribution in [1.82, 2.24) is 0 Å². The van der Waals surface area contributed by atoms with E-state index in [2.05, 4.69) is 0 Å². The van der Waals surface area contributed by atoms with Crippen LogP contribution in [0.5, 0.6) is 0 Å². The molecule has 1 atom stereocenters. The van der Waals surface area contributed by atoms with Gasteiger partial charge in [0.25, 0.3) is 6.43 Å². The van der Waals surface area contributed by atoms with Crippen molar-refractivity contribution in [1.29, 1.82) is 0 Å². The van der Waals surface area contributed by atoms with Crippen LogP contribution in [-0.4, -0.2) is 0 Å². The first-order chi connectivity index (χ1) is 6.43. The lowest BCUT2D eigenvalue weighted by Gasteiger charge is -2.11. The predicted molar refractivity (Wildman–Crippen MR) is 55.6 cm³/mol. The highest BCUT2D eigenvalue weighted by molar-refractivity contribution is 5.85. The van der Waals surface area contributed by atoms with Gasteiger partial charge in [0.05, 0.1) is 5.56 Å². The molecule has 0 amide bonds. The normalized spacial score (nSPS) is 12.4. The van der Waals surface area contributed by atoms with E-state index in [1.165, 1.54) is 13.0 Å². The van der Waals surface area contributed by atoms with Crippen LogP contribution < -0.4 is 11.5 Å². The Morgan fingerprint density at radius 3 is 2.07 bits per heavy atom. The third-order valence-electron chi connectivity index (χ3n) is 1.88. The fraction of sp³-hybridized carbons (Fsp3) is 0.333. The molecule has 2 nitrogen and oxygen atoms in total. The molecule has 0 unspecified atom stereocenters. The predicted octanol–water partition coefficient (Wildman–Crippen LogP) is 2.79. The standard InChI is InChI=1S/C9H11F3N2.ClH/c1-4(13)6-2-5(14)3-7(8(6)10)9(11)12;/h2-4,9H,13-14H2,1H3;1H/t4-;/m1./s1. The Kier molecular flexibility index (Phi) is 4.90. The molecule has 0 heterocycles. The molecular weight excluding hydrogens is 229 g/mol. The molecule has 0 radical (unpaired) electrons. The summed E-state index contributed by atoms with van der Waals surface area (Å²) in [5.41, 5.74) is 10.2. The van der Waals surface area contributed by atoms with Gasteiger partial charge in [0.1, 0.15) is 5.82 Å². The average Bonchev–Trinajstić information content (AvgIpc) is 2.07. The SMILES string of the molecule is C[C@@H](N)c1cc(N)cc(C(F)F)c1F.Cl. The smallest absolute Gasteiger partial charge is 0.266 e. The van der Waals surface area contributed by atoms with E-state index in [0.717, 1.165) is 6.07 Å². The molecule has 15 heavy (non-hydrogen) atoms. The quantitative estimate of drug-likeness (QED) is 0.781. The fourth-order valence-corrected chi connectivity index (χ4v) is 1.18. The van der Waals surface area contributed by atoms with Gasteiger partial charge < -0.3 is 11.5 Å². The third-order valence-corrected chi connectivity index (χ3v) is 1.88. The Labute approximate surface area is 91.9 Å². The van der Waals surface area contributed by atoms with E-state index < -0.39 is 23.8 Å². The monoisotopic (exact) mass is 240 g/mol. The molecule has 0 bridgehead atoms. The lowest BCUT2D eigenvalue weighted by molar-refractivity contribution is 0.146. The van der Waals surface area contributed by atoms with Gasteiger partial charge in [-0.3, -0.25) is 0 Å². The number of benzene rings is 1. The summed E-state index contributed by atoms with van der Waals surface area (Å²) in [6.45, 7) is 1.51. The summed E-state index contributed by atoms with van der Waals surface area (Å²) in [6, 6.07) is 1.54. The molecule has 1 aromatic carbocycles. The lowest BCUT2D eigenvalue weighted by atomic mass is 10.0. The molecule has 4 N–H and O–H groups in total. The molecule has 1 aromatic rings. The minimum absolute atomic E-state index is 0. The van der Waals surface area contributed by atoms with Crippen LogP contribution >= 0.6 is 12.4 Å². The molecular formula is C9H12ClF3N2. The molecule has 0 aromatic heterocycles. The van der Waals surface area contributed by atoms with Crippen LogP contribution in [0.2, 0.25) is 0 Å². The summed E-state index contributed by atoms with van der Waals surface area (Å²) < 4.78 is 38.0. The Morgan fingerprint density at radius 1 is 1.20 bits per heavy atom. The molecule has 0 saturated heterocycles. The van der Waals surface area contributed by atoms with E-state index in [-0.39, 0.29) is 23.7 Å². The topological polar surface area (TPSA) is 52.0 Å². The summed E-state index contributed by atoms with van der Waals surface area (Å²) in [5, 5.41) is 0. The number of nitrogen functional groups attached to an aromatic ring is 1. The van der Waals surface area contributed by atoms with Gasteiger partial charge in [-0.25, -0.2) is 13.2 Å². The number of nitrogens with two attached hydrogens (primary N) is 2. The molecule has 0 saturated carbocycles. The van der Waals surface area contributed by atoms with Crippen LogP contribution in [0, 0.1) is 5.82 Å². The Bertz CT molecular complexity index is 313. The van der Waals surface area contributed by atoms with Crippen molar-refractivity contribution in [3.05, 3.63) is 29.1 Å². The van der Waals surface area contributed by atoms with Gasteiger partial charge in [0.2, 0.25) is 0 Å². The maximum Gasteiger partial charge on any atom is 0.266 e. The largest absolute Gasteiger partial charge is 0.399 e. The Morgan fingerprint density at radius 2 is 1.67 bits per heavy atom. The van der Waals surface area contributed by atoms with Crippen LogP contribution in [0.25, 0.3) is 0 Å². The second kappa shape index (κ2) is 5.23. The van der Waals surface area contributed by atoms with Gasteiger partial charge in [-0.05, 0) is 19.1 Å². The van der Waals surface area contributed by atoms with E-state index in [9.17, 15) is 13.2 Å². The molecule has 0 aliphatic carbocycles. The number of alkyl halides is 2. The highest BCUT2D eigenvalue weighted by atomic mass is 35.5. The first kappa shape index (κ1) is 14.1. The fourth-order valence-electron chi connectivity index (χ4n) is 1.18. The van der Waals surface area contributed by atoms with Crippen LogP contribution in [0.4, 0.5) is 18.9 Å². The van der Waals surface area contributed by atoms with Crippen molar-refractivity contribution in [3.8, 4) is 0 Å². The summed E-state index contributed by atoms with van der Waals surface area (Å²) in [6.07, 6.45) is -2.88. The van der Waals surface area contributed by atoms with Crippen LogP contribution in [0.1, 0.15) is 30.5 Å². The number of hydrogen-bond acceptors (Lipinski definition) is 2. The first-order valence-electron chi connectivity index (χ1n) is 4.06. The Hall–Kier alpha value is -0.940. The Balaban J connectivity index is 0.00000196. The minimum Gasteiger partial charge on any atom is -0.399 e. The van der Waals surface area contributed by atoms with E-state index >= 15 is 0 Å². The minimum atomic E-state index is -2.88. The maximum atomic E-state index is 13.3. The second-order valence-corrected chi connectivity index (χ2v) is 3.10. The van der Waals surface area contributed by atoms with Crippen LogP contribution in [0.15, 0.2) is 12.1 Å². The second-order valence-electron chi connectivity index (χ2n) is 3.10. The highest BCUT2D eigenvalue weighted by Crippen LogP contribution is 2.29. The van der Waals surface area contributed by atoms with Crippen molar-refractivity contribution < 1.29 is 13.2 Å². The maximum absolute atomic E-state index is 13.3.